The Balaban J connectivity index is 1.66. The van der Waals surface area contributed by atoms with Crippen LogP contribution in [0.5, 0.6) is 0 Å². The van der Waals surface area contributed by atoms with E-state index in [1.165, 1.54) is 18.3 Å². The van der Waals surface area contributed by atoms with Gasteiger partial charge >= 0.3 is 5.97 Å². The summed E-state index contributed by atoms with van der Waals surface area (Å²) in [4.78, 5) is 45.2. The number of H-pyrrole nitrogens is 1. The number of halogens is 2. The molecule has 0 fully saturated rings. The number of aromatic amines is 1. The van der Waals surface area contributed by atoms with E-state index in [9.17, 15) is 14.4 Å². The first-order chi connectivity index (χ1) is 13.0. The average molecular weight is 401 g/mol. The number of hydrogen-bond acceptors (Lipinski definition) is 4. The minimum absolute atomic E-state index is 0.0153. The predicted octanol–water partition coefficient (Wildman–Crippen LogP) is 4.36. The molecule has 134 valence electrons. The Morgan fingerprint density at radius 2 is 1.44 bits per heavy atom. The minimum atomic E-state index is -0.916. The van der Waals surface area contributed by atoms with Crippen LogP contribution in [0.1, 0.15) is 31.2 Å². The van der Waals surface area contributed by atoms with Gasteiger partial charge in [0.2, 0.25) is 0 Å². The SMILES string of the molecule is O=C(ON1C(=O)c2ccccc2C1=O)c1[nH]ccc1-c1c(Cl)cccc1Cl. The summed E-state index contributed by atoms with van der Waals surface area (Å²) in [7, 11) is 0. The first-order valence-corrected chi connectivity index (χ1v) is 8.56. The van der Waals surface area contributed by atoms with E-state index in [2.05, 4.69) is 4.98 Å². The van der Waals surface area contributed by atoms with Crippen molar-refractivity contribution >= 4 is 41.0 Å². The first-order valence-electron chi connectivity index (χ1n) is 7.81. The van der Waals surface area contributed by atoms with Gasteiger partial charge in [0.1, 0.15) is 5.69 Å². The van der Waals surface area contributed by atoms with Crippen LogP contribution in [0.15, 0.2) is 54.7 Å². The van der Waals surface area contributed by atoms with E-state index in [0.29, 0.717) is 26.2 Å². The molecule has 1 N–H and O–H groups in total. The topological polar surface area (TPSA) is 79.5 Å². The fourth-order valence-electron chi connectivity index (χ4n) is 2.88. The van der Waals surface area contributed by atoms with Gasteiger partial charge < -0.3 is 9.82 Å². The highest BCUT2D eigenvalue weighted by molar-refractivity contribution is 6.39. The molecule has 0 bridgehead atoms. The van der Waals surface area contributed by atoms with Crippen molar-refractivity contribution in [3.8, 4) is 11.1 Å². The Kier molecular flexibility index (Phi) is 4.22. The van der Waals surface area contributed by atoms with Crippen LogP contribution in [0.25, 0.3) is 11.1 Å². The minimum Gasteiger partial charge on any atom is -0.355 e. The van der Waals surface area contributed by atoms with Gasteiger partial charge in [0.25, 0.3) is 11.8 Å². The maximum absolute atomic E-state index is 12.6. The van der Waals surface area contributed by atoms with Crippen LogP contribution in [-0.4, -0.2) is 27.8 Å². The van der Waals surface area contributed by atoms with E-state index in [1.807, 2.05) is 0 Å². The Labute approximate surface area is 163 Å². The fraction of sp³-hybridized carbons (Fsp3) is 0. The lowest BCUT2D eigenvalue weighted by atomic mass is 10.1. The number of benzene rings is 2. The van der Waals surface area contributed by atoms with Crippen LogP contribution in [0.4, 0.5) is 0 Å². The van der Waals surface area contributed by atoms with Crippen molar-refractivity contribution < 1.29 is 19.2 Å². The maximum atomic E-state index is 12.6. The van der Waals surface area contributed by atoms with E-state index in [-0.39, 0.29) is 16.8 Å². The monoisotopic (exact) mass is 400 g/mol. The number of aromatic nitrogens is 1. The highest BCUT2D eigenvalue weighted by Crippen LogP contribution is 2.36. The lowest BCUT2D eigenvalue weighted by molar-refractivity contribution is -0.0587. The van der Waals surface area contributed by atoms with Crippen molar-refractivity contribution in [2.75, 3.05) is 0 Å². The van der Waals surface area contributed by atoms with E-state index < -0.39 is 17.8 Å². The van der Waals surface area contributed by atoms with Gasteiger partial charge in [0, 0.05) is 27.4 Å². The Morgan fingerprint density at radius 3 is 2.04 bits per heavy atom. The second-order valence-electron chi connectivity index (χ2n) is 5.69. The molecule has 6 nitrogen and oxygen atoms in total. The Morgan fingerprint density at radius 1 is 0.852 bits per heavy atom. The summed E-state index contributed by atoms with van der Waals surface area (Å²) < 4.78 is 0. The summed E-state index contributed by atoms with van der Waals surface area (Å²) in [6.07, 6.45) is 1.51. The number of imide groups is 1. The van der Waals surface area contributed by atoms with E-state index in [1.54, 1.807) is 36.4 Å². The molecular weight excluding hydrogens is 391 g/mol. The van der Waals surface area contributed by atoms with Gasteiger partial charge in [0.05, 0.1) is 11.1 Å². The average Bonchev–Trinajstić information content (AvgIpc) is 3.22. The second-order valence-corrected chi connectivity index (χ2v) is 6.51. The Bertz CT molecular complexity index is 1050. The molecule has 0 atom stereocenters. The lowest BCUT2D eigenvalue weighted by Crippen LogP contribution is -2.32. The molecule has 4 rings (SSSR count). The number of carbonyl (C=O) groups excluding carboxylic acids is 3. The second kappa shape index (κ2) is 6.57. The molecule has 1 aliphatic rings. The zero-order valence-electron chi connectivity index (χ0n) is 13.5. The van der Waals surface area contributed by atoms with E-state index in [4.69, 9.17) is 28.0 Å². The van der Waals surface area contributed by atoms with Gasteiger partial charge in [-0.15, -0.1) is 0 Å². The van der Waals surface area contributed by atoms with Crippen LogP contribution < -0.4 is 0 Å². The van der Waals surface area contributed by atoms with Crippen LogP contribution in [0, 0.1) is 0 Å². The largest absolute Gasteiger partial charge is 0.380 e. The number of hydroxylamine groups is 2. The van der Waals surface area contributed by atoms with Gasteiger partial charge in [-0.1, -0.05) is 46.5 Å². The molecule has 3 aromatic rings. The third-order valence-corrected chi connectivity index (χ3v) is 4.74. The molecule has 2 heterocycles. The number of nitrogens with one attached hydrogen (secondary N) is 1. The summed E-state index contributed by atoms with van der Waals surface area (Å²) in [6, 6.07) is 12.8. The van der Waals surface area contributed by atoms with Gasteiger partial charge in [-0.05, 0) is 30.3 Å². The van der Waals surface area contributed by atoms with Crippen LogP contribution in [0.3, 0.4) is 0 Å². The molecule has 2 amide bonds. The normalized spacial score (nSPS) is 13.0. The number of rotatable bonds is 3. The molecule has 27 heavy (non-hydrogen) atoms. The number of amides is 2. The van der Waals surface area contributed by atoms with Crippen molar-refractivity contribution in [2.24, 2.45) is 0 Å². The Hall–Kier alpha value is -3.09. The van der Waals surface area contributed by atoms with Crippen LogP contribution >= 0.6 is 23.2 Å². The molecule has 0 aliphatic carbocycles. The molecule has 0 radical (unpaired) electrons. The summed E-state index contributed by atoms with van der Waals surface area (Å²) in [6.45, 7) is 0. The lowest BCUT2D eigenvalue weighted by Gasteiger charge is -2.13. The van der Waals surface area contributed by atoms with E-state index >= 15 is 0 Å². The molecule has 8 heteroatoms. The maximum Gasteiger partial charge on any atom is 0.380 e. The number of nitrogens with zero attached hydrogens (tertiary/aromatic N) is 1. The molecule has 1 aliphatic heterocycles. The van der Waals surface area contributed by atoms with Gasteiger partial charge in [-0.25, -0.2) is 4.79 Å². The van der Waals surface area contributed by atoms with Crippen LogP contribution in [0.2, 0.25) is 10.0 Å². The third-order valence-electron chi connectivity index (χ3n) is 4.11. The summed E-state index contributed by atoms with van der Waals surface area (Å²) in [5.74, 6) is -2.32. The fourth-order valence-corrected chi connectivity index (χ4v) is 3.48. The number of fused-ring (bicyclic) bond motifs is 1. The molecule has 0 unspecified atom stereocenters. The quantitative estimate of drug-likeness (QED) is 0.662. The zero-order valence-corrected chi connectivity index (χ0v) is 15.0. The van der Waals surface area contributed by atoms with Crippen molar-refractivity contribution in [3.05, 3.63) is 81.6 Å². The number of hydrogen-bond donors (Lipinski definition) is 1. The van der Waals surface area contributed by atoms with Gasteiger partial charge in [0.15, 0.2) is 0 Å². The predicted molar refractivity (Wildman–Crippen MR) is 98.6 cm³/mol. The summed E-state index contributed by atoms with van der Waals surface area (Å²) >= 11 is 12.4. The van der Waals surface area contributed by atoms with Crippen molar-refractivity contribution in [1.82, 2.24) is 10.0 Å². The van der Waals surface area contributed by atoms with Gasteiger partial charge in [-0.3, -0.25) is 9.59 Å². The first kappa shape index (κ1) is 17.3. The highest BCUT2D eigenvalue weighted by Gasteiger charge is 2.39. The molecule has 0 saturated heterocycles. The standard InChI is InChI=1S/C19H10Cl2N2O4/c20-13-6-3-7-14(21)15(13)12-8-9-22-16(12)19(26)27-23-17(24)10-4-1-2-5-11(10)18(23)25/h1-9,22H. The molecule has 0 spiro atoms. The summed E-state index contributed by atoms with van der Waals surface area (Å²) in [5, 5.41) is 1.14. The smallest absolute Gasteiger partial charge is 0.355 e. The van der Waals surface area contributed by atoms with Gasteiger partial charge in [-0.2, -0.15) is 0 Å². The zero-order chi connectivity index (χ0) is 19.1. The summed E-state index contributed by atoms with van der Waals surface area (Å²) in [5.41, 5.74) is 1.21. The highest BCUT2D eigenvalue weighted by atomic mass is 35.5. The van der Waals surface area contributed by atoms with E-state index in [0.717, 1.165) is 0 Å². The third kappa shape index (κ3) is 2.79. The van der Waals surface area contributed by atoms with Crippen LogP contribution in [-0.2, 0) is 4.84 Å². The molecule has 1 aromatic heterocycles. The number of carbonyl (C=O) groups is 3. The molecular formula is C19H10Cl2N2O4. The molecule has 2 aromatic carbocycles. The molecule has 0 saturated carbocycles. The van der Waals surface area contributed by atoms with Crippen molar-refractivity contribution in [3.63, 3.8) is 0 Å². The van der Waals surface area contributed by atoms with Crippen molar-refractivity contribution in [2.45, 2.75) is 0 Å². The van der Waals surface area contributed by atoms with Crippen molar-refractivity contribution in [1.29, 1.82) is 0 Å².